The van der Waals surface area contributed by atoms with Gasteiger partial charge in [0.1, 0.15) is 47.3 Å². The summed E-state index contributed by atoms with van der Waals surface area (Å²) in [5.41, 5.74) is -0.307. The van der Waals surface area contributed by atoms with Crippen LogP contribution < -0.4 is 9.47 Å². The summed E-state index contributed by atoms with van der Waals surface area (Å²) >= 11 is 0. The first-order valence-electron chi connectivity index (χ1n) is 25.9. The van der Waals surface area contributed by atoms with Crippen LogP contribution in [0.25, 0.3) is 0 Å². The zero-order valence-corrected chi connectivity index (χ0v) is 44.6. The van der Waals surface area contributed by atoms with Crippen molar-refractivity contribution in [2.75, 3.05) is 20.3 Å². The highest BCUT2D eigenvalue weighted by molar-refractivity contribution is 6.00. The number of allylic oxidation sites excluding steroid dienone is 1. The molecule has 0 aliphatic rings. The van der Waals surface area contributed by atoms with E-state index in [4.69, 9.17) is 25.4 Å². The Bertz CT molecular complexity index is 1970. The smallest absolute Gasteiger partial charge is 0.347 e. The normalized spacial score (nSPS) is 12.3. The third-order valence-corrected chi connectivity index (χ3v) is 12.0. The van der Waals surface area contributed by atoms with E-state index in [1.165, 1.54) is 137 Å². The van der Waals surface area contributed by atoms with Crippen molar-refractivity contribution in [3.63, 3.8) is 0 Å². The molecular weight excluding hydrogens is 941 g/mol. The van der Waals surface area contributed by atoms with E-state index in [1.807, 2.05) is 6.08 Å². The summed E-state index contributed by atoms with van der Waals surface area (Å²) in [6, 6.07) is 2.71. The van der Waals surface area contributed by atoms with Gasteiger partial charge in [0.25, 0.3) is 0 Å². The second kappa shape index (κ2) is 40.9. The molecule has 16 nitrogen and oxygen atoms in total. The van der Waals surface area contributed by atoms with Crippen LogP contribution in [0.3, 0.4) is 0 Å². The van der Waals surface area contributed by atoms with Gasteiger partial charge in [0, 0.05) is 38.7 Å². The number of carbonyl (C=O) groups is 5. The monoisotopic (exact) mass is 1030 g/mol. The van der Waals surface area contributed by atoms with Gasteiger partial charge in [-0.3, -0.25) is 14.4 Å². The molecule has 2 aromatic rings. The van der Waals surface area contributed by atoms with Crippen molar-refractivity contribution in [2.45, 2.75) is 213 Å². The molecule has 7 N–H and O–H groups in total. The van der Waals surface area contributed by atoms with E-state index >= 15 is 0 Å². The van der Waals surface area contributed by atoms with Crippen molar-refractivity contribution in [3.05, 3.63) is 58.2 Å². The Morgan fingerprint density at radius 3 is 1.45 bits per heavy atom. The number of carboxylic acid groups (broad SMARTS) is 1. The number of aryl methyl sites for hydroxylation is 2. The molecule has 0 radical (unpaired) electrons. The number of aliphatic hydroxyl groups is 4. The van der Waals surface area contributed by atoms with E-state index in [9.17, 15) is 59.7 Å². The lowest BCUT2D eigenvalue weighted by Gasteiger charge is -2.16. The average molecular weight is 1030 g/mol. The first-order chi connectivity index (χ1) is 34.7. The van der Waals surface area contributed by atoms with Crippen LogP contribution in [0.4, 0.5) is 0 Å². The molecule has 0 bridgehead atoms. The number of carbonyl (C=O) groups excluding carboxylic acids is 4. The van der Waals surface area contributed by atoms with Gasteiger partial charge < -0.3 is 54.7 Å². The summed E-state index contributed by atoms with van der Waals surface area (Å²) in [6.07, 6.45) is 30.9. The predicted molar refractivity (Wildman–Crippen MR) is 281 cm³/mol. The molecule has 0 aromatic heterocycles. The molecule has 0 aliphatic heterocycles. The molecule has 0 spiro atoms. The number of phenolic OH excluding ortho intramolecular Hbond substituents is 1. The number of methoxy groups -OCH3 is 1. The summed E-state index contributed by atoms with van der Waals surface area (Å²) in [4.78, 5) is 56.4. The molecule has 0 aliphatic carbocycles. The number of carboxylic acids is 1. The second-order valence-corrected chi connectivity index (χ2v) is 18.6. The Hall–Kier alpha value is -5.47. The van der Waals surface area contributed by atoms with Crippen LogP contribution in [0.1, 0.15) is 216 Å². The van der Waals surface area contributed by atoms with Crippen molar-refractivity contribution >= 4 is 30.2 Å². The number of aliphatic hydroxyl groups excluding tert-OH is 4. The number of hydrogen-bond acceptors (Lipinski definition) is 15. The first-order valence-corrected chi connectivity index (χ1v) is 25.9. The molecule has 73 heavy (non-hydrogen) atoms. The highest BCUT2D eigenvalue weighted by Gasteiger charge is 2.26. The van der Waals surface area contributed by atoms with Gasteiger partial charge in [0.15, 0.2) is 6.29 Å². The number of aldehydes is 1. The highest BCUT2D eigenvalue weighted by atomic mass is 16.5. The third-order valence-electron chi connectivity index (χ3n) is 12.0. The van der Waals surface area contributed by atoms with Crippen LogP contribution >= 0.6 is 0 Å². The molecule has 4 atom stereocenters. The van der Waals surface area contributed by atoms with Gasteiger partial charge in [-0.2, -0.15) is 0 Å². The number of phenols is 2. The fourth-order valence-corrected chi connectivity index (χ4v) is 7.89. The van der Waals surface area contributed by atoms with Gasteiger partial charge in [-0.15, -0.1) is 18.9 Å². The van der Waals surface area contributed by atoms with Gasteiger partial charge in [-0.1, -0.05) is 109 Å². The number of unbranched alkanes of at least 4 members (excludes halogenated alkanes) is 18. The topological polar surface area (TPSA) is 264 Å². The molecule has 4 unspecified atom stereocenters. The van der Waals surface area contributed by atoms with Crippen LogP contribution in [0.15, 0.2) is 24.8 Å². The lowest BCUT2D eigenvalue weighted by atomic mass is 10.0. The van der Waals surface area contributed by atoms with Crippen LogP contribution in [0.5, 0.6) is 23.0 Å². The maximum Gasteiger partial charge on any atom is 0.347 e. The van der Waals surface area contributed by atoms with E-state index in [-0.39, 0.29) is 65.4 Å². The van der Waals surface area contributed by atoms with E-state index in [1.54, 1.807) is 0 Å². The fourth-order valence-electron chi connectivity index (χ4n) is 7.89. The van der Waals surface area contributed by atoms with Gasteiger partial charge in [0.2, 0.25) is 0 Å². The van der Waals surface area contributed by atoms with Crippen molar-refractivity contribution in [2.24, 2.45) is 0 Å². The van der Waals surface area contributed by atoms with Crippen molar-refractivity contribution in [1.29, 1.82) is 0 Å². The zero-order valence-electron chi connectivity index (χ0n) is 44.6. The van der Waals surface area contributed by atoms with Gasteiger partial charge >= 0.3 is 23.9 Å². The van der Waals surface area contributed by atoms with Gasteiger partial charge in [-0.25, -0.2) is 9.59 Å². The van der Waals surface area contributed by atoms with Gasteiger partial charge in [-0.05, 0) is 76.1 Å². The fraction of sp³-hybridized carbons (Fsp3) is 0.632. The molecular formula is C57H88O16. The Labute approximate surface area is 434 Å². The molecule has 2 rings (SSSR count). The Morgan fingerprint density at radius 2 is 1.05 bits per heavy atom. The summed E-state index contributed by atoms with van der Waals surface area (Å²) in [7, 11) is 1.31. The molecule has 0 saturated heterocycles. The van der Waals surface area contributed by atoms with E-state index in [0.29, 0.717) is 24.7 Å². The highest BCUT2D eigenvalue weighted by Crippen LogP contribution is 2.36. The van der Waals surface area contributed by atoms with E-state index in [0.717, 1.165) is 44.9 Å². The summed E-state index contributed by atoms with van der Waals surface area (Å²) in [5, 5.41) is 68.3. The summed E-state index contributed by atoms with van der Waals surface area (Å²) < 4.78 is 19.7. The van der Waals surface area contributed by atoms with Gasteiger partial charge in [0.05, 0.1) is 37.1 Å². The maximum absolute atomic E-state index is 12.6. The SMILES string of the molecule is C#CCCCCCCCCCCCC(O)CC(O)COC(C)=O.C=CCCCCCCCCCCCC(O)CC(O)COC(C)=O.COc1cc(C)c(C(=O)Oc2cc(C)c(O)c(C(=O)O)c2C)c(O)c1C=O. The maximum atomic E-state index is 12.6. The number of hydrogen-bond donors (Lipinski definition) is 7. The minimum atomic E-state index is -1.38. The van der Waals surface area contributed by atoms with Crippen LogP contribution in [0.2, 0.25) is 0 Å². The number of ether oxygens (including phenoxy) is 4. The standard InChI is InChI=1S/C19H18O8.C19H36O4.C19H34O4/c1-8-5-13(26-4)11(7-20)17(22)14(8)19(25)27-12-6-9(2)16(21)15(10(12)3)18(23)24;2*1-3-4-5-6-7-8-9-10-11-12-13-14-18(21)15-19(22)16-23-17(2)20/h5-7,21-22H,1-4H3,(H,23,24);3,18-19,21-22H,1,4-16H2,2H3;1,18-19,21-22H,4-16H2,2H3. The molecule has 0 amide bonds. The zero-order chi connectivity index (χ0) is 55.1. The third kappa shape index (κ3) is 31.0. The average Bonchev–Trinajstić information content (AvgIpc) is 3.33. The number of rotatable bonds is 36. The quantitative estimate of drug-likeness (QED) is 0.00835. The van der Waals surface area contributed by atoms with Crippen LogP contribution in [-0.2, 0) is 19.1 Å². The Kier molecular flexibility index (Phi) is 37.9. The van der Waals surface area contributed by atoms with E-state index < -0.39 is 59.8 Å². The Balaban J connectivity index is 0.00000107. The summed E-state index contributed by atoms with van der Waals surface area (Å²) in [5.74, 6) is -1.52. The molecule has 2 aromatic carbocycles. The number of aromatic carboxylic acids is 1. The minimum Gasteiger partial charge on any atom is -0.507 e. The minimum absolute atomic E-state index is 0.0286. The molecule has 0 heterocycles. The number of esters is 3. The first kappa shape index (κ1) is 67.5. The molecule has 0 saturated carbocycles. The number of terminal acetylenes is 1. The lowest BCUT2D eigenvalue weighted by molar-refractivity contribution is -0.145. The van der Waals surface area contributed by atoms with Crippen molar-refractivity contribution in [3.8, 4) is 35.3 Å². The predicted octanol–water partition coefficient (Wildman–Crippen LogP) is 10.5. The molecule has 412 valence electrons. The Morgan fingerprint density at radius 1 is 0.630 bits per heavy atom. The largest absolute Gasteiger partial charge is 0.507 e. The second-order valence-electron chi connectivity index (χ2n) is 18.6. The summed E-state index contributed by atoms with van der Waals surface area (Å²) in [6.45, 7) is 10.6. The number of aromatic hydroxyl groups is 2. The lowest BCUT2D eigenvalue weighted by Crippen LogP contribution is -2.23. The van der Waals surface area contributed by atoms with Crippen molar-refractivity contribution < 1.29 is 78.7 Å². The van der Waals surface area contributed by atoms with Crippen molar-refractivity contribution in [1.82, 2.24) is 0 Å². The van der Waals surface area contributed by atoms with Crippen LogP contribution in [-0.4, -0.2) is 111 Å². The molecule has 16 heteroatoms. The molecule has 0 fully saturated rings. The van der Waals surface area contributed by atoms with E-state index in [2.05, 4.69) is 12.5 Å². The number of benzene rings is 2. The van der Waals surface area contributed by atoms with Crippen LogP contribution in [0, 0.1) is 33.1 Å².